The van der Waals surface area contributed by atoms with Crippen molar-refractivity contribution in [1.29, 1.82) is 0 Å². The van der Waals surface area contributed by atoms with Crippen molar-refractivity contribution in [3.05, 3.63) is 64.2 Å². The van der Waals surface area contributed by atoms with Gasteiger partial charge in [0.05, 0.1) is 11.8 Å². The molecule has 0 fully saturated rings. The summed E-state index contributed by atoms with van der Waals surface area (Å²) < 4.78 is 9.46. The summed E-state index contributed by atoms with van der Waals surface area (Å²) in [6.45, 7) is 0. The number of carbonyl (C=O) groups excluding carboxylic acids is 1. The van der Waals surface area contributed by atoms with E-state index in [-0.39, 0.29) is 5.56 Å². The molecule has 0 aliphatic heterocycles. The number of rotatable bonds is 3. The first-order chi connectivity index (χ1) is 9.09. The number of carboxylic acid groups (broad SMARTS) is 1. The van der Waals surface area contributed by atoms with Gasteiger partial charge in [0.25, 0.3) is 5.76 Å². The van der Waals surface area contributed by atoms with Crippen LogP contribution in [0.25, 0.3) is 0 Å². The fourth-order valence-corrected chi connectivity index (χ4v) is 1.37. The molecule has 0 atom stereocenters. The monoisotopic (exact) mass is 260 g/mol. The molecule has 0 aliphatic rings. The molecular weight excluding hydrogens is 252 g/mol. The van der Waals surface area contributed by atoms with Crippen molar-refractivity contribution in [2.24, 2.45) is 0 Å². The van der Waals surface area contributed by atoms with Crippen LogP contribution < -0.4 is 10.2 Å². The number of hydrogen-bond donors (Lipinski definition) is 1. The maximum atomic E-state index is 11.7. The molecule has 1 heterocycles. The number of carboxylic acids is 1. The van der Waals surface area contributed by atoms with E-state index in [9.17, 15) is 14.4 Å². The van der Waals surface area contributed by atoms with Crippen molar-refractivity contribution in [1.82, 2.24) is 0 Å². The van der Waals surface area contributed by atoms with Gasteiger partial charge in [0.1, 0.15) is 0 Å². The smallest absolute Gasteiger partial charge is 0.375 e. The first kappa shape index (κ1) is 12.6. The van der Waals surface area contributed by atoms with Crippen LogP contribution in [0.3, 0.4) is 0 Å². The fraction of sp³-hybridized carbons (Fsp3) is 0. The van der Waals surface area contributed by atoms with Crippen molar-refractivity contribution in [2.45, 2.75) is 0 Å². The summed E-state index contributed by atoms with van der Waals surface area (Å²) in [6, 6.07) is 8.86. The molecule has 0 saturated heterocycles. The van der Waals surface area contributed by atoms with Crippen molar-refractivity contribution in [3.8, 4) is 5.75 Å². The Kier molecular flexibility index (Phi) is 3.42. The first-order valence-corrected chi connectivity index (χ1v) is 5.22. The SMILES string of the molecule is O=C(Oc1c(C(=O)O)occc1=O)c1ccccc1. The molecule has 0 saturated carbocycles. The Labute approximate surface area is 106 Å². The average molecular weight is 260 g/mol. The third kappa shape index (κ3) is 2.68. The average Bonchev–Trinajstić information content (AvgIpc) is 2.41. The molecule has 1 aromatic heterocycles. The quantitative estimate of drug-likeness (QED) is 0.841. The molecule has 6 nitrogen and oxygen atoms in total. The second-order valence-corrected chi connectivity index (χ2v) is 3.50. The lowest BCUT2D eigenvalue weighted by Gasteiger charge is -2.05. The van der Waals surface area contributed by atoms with Gasteiger partial charge in [-0.1, -0.05) is 18.2 Å². The Hall–Kier alpha value is -2.89. The lowest BCUT2D eigenvalue weighted by molar-refractivity contribution is 0.0639. The van der Waals surface area contributed by atoms with Crippen LogP contribution in [0.2, 0.25) is 0 Å². The van der Waals surface area contributed by atoms with Gasteiger partial charge in [-0.2, -0.15) is 0 Å². The molecule has 0 radical (unpaired) electrons. The zero-order valence-corrected chi connectivity index (χ0v) is 9.53. The van der Waals surface area contributed by atoms with E-state index in [1.165, 1.54) is 12.1 Å². The van der Waals surface area contributed by atoms with Gasteiger partial charge in [-0.3, -0.25) is 4.79 Å². The van der Waals surface area contributed by atoms with E-state index < -0.39 is 28.9 Å². The van der Waals surface area contributed by atoms with Crippen LogP contribution in [-0.2, 0) is 0 Å². The number of carbonyl (C=O) groups is 2. The minimum atomic E-state index is -1.49. The van der Waals surface area contributed by atoms with Crippen molar-refractivity contribution < 1.29 is 23.8 Å². The largest absolute Gasteiger partial charge is 0.475 e. The normalized spacial score (nSPS) is 9.89. The Balaban J connectivity index is 2.37. The molecule has 1 aromatic carbocycles. The summed E-state index contributed by atoms with van der Waals surface area (Å²) in [5.41, 5.74) is -0.546. The first-order valence-electron chi connectivity index (χ1n) is 5.22. The summed E-state index contributed by atoms with van der Waals surface area (Å²) in [6.07, 6.45) is 0.922. The zero-order valence-electron chi connectivity index (χ0n) is 9.53. The summed E-state index contributed by atoms with van der Waals surface area (Å²) in [5, 5.41) is 8.85. The van der Waals surface area contributed by atoms with Gasteiger partial charge in [0.2, 0.25) is 11.2 Å². The molecule has 0 bridgehead atoms. The number of esters is 1. The van der Waals surface area contributed by atoms with Crippen molar-refractivity contribution in [2.75, 3.05) is 0 Å². The minimum Gasteiger partial charge on any atom is -0.475 e. The van der Waals surface area contributed by atoms with Gasteiger partial charge >= 0.3 is 11.9 Å². The highest BCUT2D eigenvalue weighted by Crippen LogP contribution is 2.14. The maximum Gasteiger partial charge on any atom is 0.375 e. The Morgan fingerprint density at radius 3 is 2.42 bits per heavy atom. The van der Waals surface area contributed by atoms with Crippen LogP contribution in [0.15, 0.2) is 51.9 Å². The molecule has 2 rings (SSSR count). The molecule has 0 spiro atoms. The van der Waals surface area contributed by atoms with Gasteiger partial charge in [-0.15, -0.1) is 0 Å². The van der Waals surface area contributed by atoms with Crippen LogP contribution >= 0.6 is 0 Å². The van der Waals surface area contributed by atoms with E-state index >= 15 is 0 Å². The molecule has 1 N–H and O–H groups in total. The third-order valence-corrected chi connectivity index (χ3v) is 2.23. The molecule has 2 aromatic rings. The number of ether oxygens (including phenoxy) is 1. The van der Waals surface area contributed by atoms with Gasteiger partial charge < -0.3 is 14.3 Å². The summed E-state index contributed by atoms with van der Waals surface area (Å²) in [5.74, 6) is -3.67. The Bertz CT molecular complexity index is 671. The fourth-order valence-electron chi connectivity index (χ4n) is 1.37. The van der Waals surface area contributed by atoms with E-state index in [2.05, 4.69) is 4.42 Å². The number of hydrogen-bond acceptors (Lipinski definition) is 5. The summed E-state index contributed by atoms with van der Waals surface area (Å²) in [7, 11) is 0. The minimum absolute atomic E-state index is 0.196. The van der Waals surface area contributed by atoms with Gasteiger partial charge in [-0.05, 0) is 12.1 Å². The molecule has 0 unspecified atom stereocenters. The second-order valence-electron chi connectivity index (χ2n) is 3.50. The highest BCUT2D eigenvalue weighted by Gasteiger charge is 2.21. The molecule has 96 valence electrons. The highest BCUT2D eigenvalue weighted by molar-refractivity contribution is 5.93. The van der Waals surface area contributed by atoms with E-state index in [0.29, 0.717) is 0 Å². The molecule has 19 heavy (non-hydrogen) atoms. The van der Waals surface area contributed by atoms with E-state index in [0.717, 1.165) is 12.3 Å². The van der Waals surface area contributed by atoms with Crippen molar-refractivity contribution >= 4 is 11.9 Å². The van der Waals surface area contributed by atoms with Gasteiger partial charge in [-0.25, -0.2) is 9.59 Å². The molecule has 0 amide bonds. The van der Waals surface area contributed by atoms with Crippen LogP contribution in [0.5, 0.6) is 5.75 Å². The van der Waals surface area contributed by atoms with Crippen LogP contribution in [0.1, 0.15) is 20.9 Å². The second kappa shape index (κ2) is 5.18. The van der Waals surface area contributed by atoms with Crippen molar-refractivity contribution in [3.63, 3.8) is 0 Å². The van der Waals surface area contributed by atoms with Gasteiger partial charge in [0.15, 0.2) is 0 Å². The Morgan fingerprint density at radius 1 is 1.11 bits per heavy atom. The Morgan fingerprint density at radius 2 is 1.79 bits per heavy atom. The number of aromatic carboxylic acids is 1. The molecule has 6 heteroatoms. The summed E-state index contributed by atoms with van der Waals surface area (Å²) in [4.78, 5) is 34.1. The maximum absolute atomic E-state index is 11.7. The lowest BCUT2D eigenvalue weighted by atomic mass is 10.2. The predicted molar refractivity (Wildman–Crippen MR) is 63.3 cm³/mol. The predicted octanol–water partition coefficient (Wildman–Crippen LogP) is 1.56. The topological polar surface area (TPSA) is 93.8 Å². The van der Waals surface area contributed by atoms with E-state index in [4.69, 9.17) is 9.84 Å². The zero-order chi connectivity index (χ0) is 13.8. The molecular formula is C13H8O6. The molecule has 0 aliphatic carbocycles. The van der Waals surface area contributed by atoms with Crippen LogP contribution in [-0.4, -0.2) is 17.0 Å². The van der Waals surface area contributed by atoms with E-state index in [1.807, 2.05) is 0 Å². The highest BCUT2D eigenvalue weighted by atomic mass is 16.5. The third-order valence-electron chi connectivity index (χ3n) is 2.23. The van der Waals surface area contributed by atoms with Gasteiger partial charge in [0, 0.05) is 6.07 Å². The standard InChI is InChI=1S/C13H8O6/c14-9-6-7-18-11(12(15)16)10(9)19-13(17)8-4-2-1-3-5-8/h1-7H,(H,15,16). The number of benzene rings is 1. The van der Waals surface area contributed by atoms with Crippen LogP contribution in [0.4, 0.5) is 0 Å². The van der Waals surface area contributed by atoms with E-state index in [1.54, 1.807) is 18.2 Å². The lowest BCUT2D eigenvalue weighted by Crippen LogP contribution is -2.17. The van der Waals surface area contributed by atoms with Crippen LogP contribution in [0, 0.1) is 0 Å². The summed E-state index contributed by atoms with van der Waals surface area (Å²) >= 11 is 0.